The minimum absolute atomic E-state index is 0.0756. The molecule has 0 saturated heterocycles. The zero-order valence-electron chi connectivity index (χ0n) is 9.40. The first-order valence-electron chi connectivity index (χ1n) is 5.94. The zero-order valence-corrected chi connectivity index (χ0v) is 9.40. The van der Waals surface area contributed by atoms with Crippen molar-refractivity contribution in [1.29, 1.82) is 0 Å². The number of Topliss-reactive ketones (excluding diaryl/α,β-unsaturated/α-hetero) is 1. The normalized spacial score (nSPS) is 29.0. The van der Waals surface area contributed by atoms with Crippen LogP contribution in [0.25, 0.3) is 6.08 Å². The van der Waals surface area contributed by atoms with E-state index in [0.29, 0.717) is 0 Å². The smallest absolute Gasteiger partial charge is 0.166 e. The van der Waals surface area contributed by atoms with Crippen LogP contribution in [0.1, 0.15) is 18.4 Å². The number of benzene rings is 1. The van der Waals surface area contributed by atoms with Gasteiger partial charge in [-0.2, -0.15) is 0 Å². The molecule has 0 N–H and O–H groups in total. The number of halogens is 1. The summed E-state index contributed by atoms with van der Waals surface area (Å²) in [5.41, 5.74) is 1.78. The highest BCUT2D eigenvalue weighted by Crippen LogP contribution is 2.38. The van der Waals surface area contributed by atoms with Gasteiger partial charge in [-0.05, 0) is 36.6 Å². The molecule has 1 aromatic carbocycles. The largest absolute Gasteiger partial charge is 0.294 e. The van der Waals surface area contributed by atoms with Crippen LogP contribution in [0.3, 0.4) is 0 Å². The molecule has 2 heteroatoms. The fourth-order valence-electron chi connectivity index (χ4n) is 2.61. The summed E-state index contributed by atoms with van der Waals surface area (Å²) in [6.07, 6.45) is 8.09. The van der Waals surface area contributed by atoms with Crippen LogP contribution in [-0.2, 0) is 4.79 Å². The minimum atomic E-state index is -0.247. The maximum Gasteiger partial charge on any atom is 0.166 e. The van der Waals surface area contributed by atoms with Crippen LogP contribution in [0, 0.1) is 17.7 Å². The predicted molar refractivity (Wildman–Crippen MR) is 64.7 cm³/mol. The lowest BCUT2D eigenvalue weighted by Gasteiger charge is -2.31. The average Bonchev–Trinajstić information content (AvgIpc) is 2.37. The number of hydrogen-bond acceptors (Lipinski definition) is 1. The van der Waals surface area contributed by atoms with Gasteiger partial charge in [0, 0.05) is 17.4 Å². The molecule has 0 spiro atoms. The molecule has 3 aliphatic rings. The van der Waals surface area contributed by atoms with E-state index >= 15 is 0 Å². The standard InChI is InChI=1S/C15H13FO/c16-13-7-1-10(2-8-13)9-14-11-3-5-12(6-4-11)15(14)17/h1-3,5,7-9,11-12H,4,6H2/b14-9-. The Bertz CT molecular complexity index is 510. The third kappa shape index (κ3) is 1.84. The quantitative estimate of drug-likeness (QED) is 0.532. The molecule has 2 bridgehead atoms. The molecule has 1 nitrogen and oxygen atoms in total. The molecule has 0 heterocycles. The summed E-state index contributed by atoms with van der Waals surface area (Å²) in [5.74, 6) is 0.334. The van der Waals surface area contributed by atoms with Crippen LogP contribution in [0.2, 0.25) is 0 Å². The summed E-state index contributed by atoms with van der Waals surface area (Å²) in [5, 5.41) is 0. The highest BCUT2D eigenvalue weighted by molar-refractivity contribution is 6.04. The predicted octanol–water partition coefficient (Wildman–Crippen LogP) is 3.37. The van der Waals surface area contributed by atoms with Crippen molar-refractivity contribution in [3.8, 4) is 0 Å². The lowest BCUT2D eigenvalue weighted by atomic mass is 9.71. The highest BCUT2D eigenvalue weighted by atomic mass is 19.1. The molecule has 0 aromatic heterocycles. The third-order valence-corrected chi connectivity index (χ3v) is 3.58. The minimum Gasteiger partial charge on any atom is -0.294 e. The maximum atomic E-state index is 12.8. The summed E-state index contributed by atoms with van der Waals surface area (Å²) in [6.45, 7) is 0. The topological polar surface area (TPSA) is 17.1 Å². The van der Waals surface area contributed by atoms with E-state index in [1.54, 1.807) is 12.1 Å². The van der Waals surface area contributed by atoms with Gasteiger partial charge in [0.2, 0.25) is 0 Å². The fourth-order valence-corrected chi connectivity index (χ4v) is 2.61. The van der Waals surface area contributed by atoms with Gasteiger partial charge >= 0.3 is 0 Å². The summed E-state index contributed by atoms with van der Waals surface area (Å²) in [4.78, 5) is 12.1. The molecule has 17 heavy (non-hydrogen) atoms. The second-order valence-corrected chi connectivity index (χ2v) is 4.69. The van der Waals surface area contributed by atoms with E-state index < -0.39 is 0 Å². The number of ketones is 1. The first-order valence-corrected chi connectivity index (χ1v) is 5.94. The second-order valence-electron chi connectivity index (χ2n) is 4.69. The Balaban J connectivity index is 1.96. The Labute approximate surface area is 99.7 Å². The molecular formula is C15H13FO. The summed E-state index contributed by atoms with van der Waals surface area (Å²) in [7, 11) is 0. The summed E-state index contributed by atoms with van der Waals surface area (Å²) >= 11 is 0. The number of fused-ring (bicyclic) bond motifs is 2. The van der Waals surface area contributed by atoms with Gasteiger partial charge in [-0.15, -0.1) is 0 Å². The zero-order chi connectivity index (χ0) is 11.8. The van der Waals surface area contributed by atoms with Crippen molar-refractivity contribution in [1.82, 2.24) is 0 Å². The first-order chi connectivity index (χ1) is 8.24. The van der Waals surface area contributed by atoms with Crippen LogP contribution in [-0.4, -0.2) is 5.78 Å². The molecular weight excluding hydrogens is 215 g/mol. The van der Waals surface area contributed by atoms with Crippen LogP contribution < -0.4 is 0 Å². The Morgan fingerprint density at radius 1 is 1.06 bits per heavy atom. The number of allylic oxidation sites excluding steroid dienone is 3. The van der Waals surface area contributed by atoms with Crippen LogP contribution >= 0.6 is 0 Å². The Kier molecular flexibility index (Phi) is 2.43. The summed E-state index contributed by atoms with van der Waals surface area (Å²) in [6, 6.07) is 6.27. The van der Waals surface area contributed by atoms with E-state index in [1.165, 1.54) is 12.1 Å². The van der Waals surface area contributed by atoms with E-state index in [0.717, 1.165) is 24.0 Å². The van der Waals surface area contributed by atoms with Gasteiger partial charge < -0.3 is 0 Å². The van der Waals surface area contributed by atoms with Gasteiger partial charge in [0.15, 0.2) is 5.78 Å². The van der Waals surface area contributed by atoms with Crippen molar-refractivity contribution in [3.63, 3.8) is 0 Å². The van der Waals surface area contributed by atoms with Crippen molar-refractivity contribution in [2.45, 2.75) is 12.8 Å². The van der Waals surface area contributed by atoms with Crippen molar-refractivity contribution in [2.24, 2.45) is 11.8 Å². The highest BCUT2D eigenvalue weighted by Gasteiger charge is 2.34. The molecule has 3 aliphatic carbocycles. The van der Waals surface area contributed by atoms with Crippen LogP contribution in [0.4, 0.5) is 4.39 Å². The maximum absolute atomic E-state index is 12.8. The number of carbonyl (C=O) groups excluding carboxylic acids is 1. The van der Waals surface area contributed by atoms with Crippen molar-refractivity contribution in [3.05, 3.63) is 53.4 Å². The lowest BCUT2D eigenvalue weighted by molar-refractivity contribution is -0.119. The molecule has 2 atom stereocenters. The van der Waals surface area contributed by atoms with Crippen molar-refractivity contribution >= 4 is 11.9 Å². The average molecular weight is 228 g/mol. The lowest BCUT2D eigenvalue weighted by Crippen LogP contribution is -2.29. The van der Waals surface area contributed by atoms with Gasteiger partial charge in [0.1, 0.15) is 5.82 Å². The van der Waals surface area contributed by atoms with Gasteiger partial charge in [0.05, 0.1) is 0 Å². The van der Waals surface area contributed by atoms with E-state index in [2.05, 4.69) is 6.08 Å². The monoisotopic (exact) mass is 228 g/mol. The molecule has 0 aliphatic heterocycles. The van der Waals surface area contributed by atoms with E-state index in [4.69, 9.17) is 0 Å². The first kappa shape index (κ1) is 10.5. The van der Waals surface area contributed by atoms with Crippen molar-refractivity contribution < 1.29 is 9.18 Å². The van der Waals surface area contributed by atoms with Crippen molar-refractivity contribution in [2.75, 3.05) is 0 Å². The molecule has 2 unspecified atom stereocenters. The molecule has 4 rings (SSSR count). The van der Waals surface area contributed by atoms with E-state index in [9.17, 15) is 9.18 Å². The van der Waals surface area contributed by atoms with Gasteiger partial charge in [-0.25, -0.2) is 4.39 Å². The van der Waals surface area contributed by atoms with Gasteiger partial charge in [0.25, 0.3) is 0 Å². The van der Waals surface area contributed by atoms with Crippen LogP contribution in [0.5, 0.6) is 0 Å². The number of rotatable bonds is 1. The molecule has 0 radical (unpaired) electrons. The van der Waals surface area contributed by atoms with Gasteiger partial charge in [-0.3, -0.25) is 4.79 Å². The molecule has 86 valence electrons. The summed E-state index contributed by atoms with van der Waals surface area (Å²) < 4.78 is 12.8. The molecule has 1 saturated carbocycles. The van der Waals surface area contributed by atoms with E-state index in [-0.39, 0.29) is 23.4 Å². The Morgan fingerprint density at radius 3 is 2.29 bits per heavy atom. The molecule has 1 aromatic rings. The molecule has 0 amide bonds. The second kappa shape index (κ2) is 3.95. The number of carbonyl (C=O) groups is 1. The molecule has 1 fully saturated rings. The Hall–Kier alpha value is -1.70. The van der Waals surface area contributed by atoms with Crippen LogP contribution in [0.15, 0.2) is 42.0 Å². The van der Waals surface area contributed by atoms with E-state index in [1.807, 2.05) is 12.2 Å². The van der Waals surface area contributed by atoms with Gasteiger partial charge in [-0.1, -0.05) is 24.3 Å². The third-order valence-electron chi connectivity index (χ3n) is 3.58. The Morgan fingerprint density at radius 2 is 1.71 bits per heavy atom. The number of hydrogen-bond donors (Lipinski definition) is 0. The SMILES string of the molecule is O=C1/C(=C\c2ccc(F)cc2)C2C=CC1CC2. The fraction of sp³-hybridized carbons (Fsp3) is 0.267.